The van der Waals surface area contributed by atoms with Crippen LogP contribution in [-0.4, -0.2) is 10.1 Å². The molecule has 1 aromatic heterocycles. The standard InChI is InChI=1S/C13H16N2O2/c1-9(2)13-14-12(17-15-13)8-16-11-6-4-5-10(3)7-11/h4-7,9H,8H2,1-3H3. The van der Waals surface area contributed by atoms with Crippen molar-refractivity contribution in [3.05, 3.63) is 41.5 Å². The summed E-state index contributed by atoms with van der Waals surface area (Å²) in [5.41, 5.74) is 1.16. The summed E-state index contributed by atoms with van der Waals surface area (Å²) in [6.45, 7) is 6.38. The van der Waals surface area contributed by atoms with Crippen LogP contribution < -0.4 is 4.74 Å². The molecule has 1 aromatic carbocycles. The Kier molecular flexibility index (Phi) is 3.42. The third-order valence-corrected chi connectivity index (χ3v) is 2.35. The summed E-state index contributed by atoms with van der Waals surface area (Å²) < 4.78 is 10.7. The van der Waals surface area contributed by atoms with Gasteiger partial charge in [0.05, 0.1) is 0 Å². The Hall–Kier alpha value is -1.84. The molecule has 1 heterocycles. The van der Waals surface area contributed by atoms with Gasteiger partial charge in [0.2, 0.25) is 0 Å². The van der Waals surface area contributed by atoms with E-state index in [2.05, 4.69) is 10.1 Å². The third kappa shape index (κ3) is 3.06. The van der Waals surface area contributed by atoms with Gasteiger partial charge in [0.15, 0.2) is 12.4 Å². The van der Waals surface area contributed by atoms with Crippen molar-refractivity contribution >= 4 is 0 Å². The summed E-state index contributed by atoms with van der Waals surface area (Å²) in [5.74, 6) is 2.31. The predicted octanol–water partition coefficient (Wildman–Crippen LogP) is 3.08. The van der Waals surface area contributed by atoms with Crippen molar-refractivity contribution in [2.24, 2.45) is 0 Å². The van der Waals surface area contributed by atoms with E-state index in [9.17, 15) is 0 Å². The minimum absolute atomic E-state index is 0.270. The molecule has 0 fully saturated rings. The Balaban J connectivity index is 1.97. The molecule has 0 saturated heterocycles. The van der Waals surface area contributed by atoms with E-state index in [1.807, 2.05) is 45.0 Å². The van der Waals surface area contributed by atoms with Gasteiger partial charge < -0.3 is 9.26 Å². The zero-order valence-corrected chi connectivity index (χ0v) is 10.3. The van der Waals surface area contributed by atoms with E-state index < -0.39 is 0 Å². The monoisotopic (exact) mass is 232 g/mol. The van der Waals surface area contributed by atoms with Crippen LogP contribution in [-0.2, 0) is 6.61 Å². The van der Waals surface area contributed by atoms with Crippen LogP contribution in [0.5, 0.6) is 5.75 Å². The van der Waals surface area contributed by atoms with Crippen LogP contribution in [0.2, 0.25) is 0 Å². The molecule has 4 nitrogen and oxygen atoms in total. The number of ether oxygens (including phenoxy) is 1. The second-order valence-electron chi connectivity index (χ2n) is 4.31. The molecular weight excluding hydrogens is 216 g/mol. The van der Waals surface area contributed by atoms with Gasteiger partial charge in [-0.1, -0.05) is 31.1 Å². The molecule has 0 atom stereocenters. The van der Waals surface area contributed by atoms with Crippen molar-refractivity contribution in [2.45, 2.75) is 33.3 Å². The van der Waals surface area contributed by atoms with Crippen molar-refractivity contribution in [3.8, 4) is 5.75 Å². The maximum atomic E-state index is 5.57. The SMILES string of the molecule is Cc1cccc(OCc2nc(C(C)C)no2)c1. The van der Waals surface area contributed by atoms with E-state index in [1.54, 1.807) is 0 Å². The molecule has 17 heavy (non-hydrogen) atoms. The Labute approximate surface area is 101 Å². The van der Waals surface area contributed by atoms with Crippen LogP contribution in [0.25, 0.3) is 0 Å². The Morgan fingerprint density at radius 1 is 1.35 bits per heavy atom. The molecular formula is C13H16N2O2. The first-order chi connectivity index (χ1) is 8.15. The van der Waals surface area contributed by atoms with Gasteiger partial charge in [0.1, 0.15) is 5.75 Å². The average Bonchev–Trinajstić information content (AvgIpc) is 2.75. The molecule has 0 unspecified atom stereocenters. The highest BCUT2D eigenvalue weighted by molar-refractivity contribution is 5.27. The quantitative estimate of drug-likeness (QED) is 0.812. The van der Waals surface area contributed by atoms with Gasteiger partial charge in [-0.05, 0) is 24.6 Å². The van der Waals surface area contributed by atoms with E-state index in [1.165, 1.54) is 0 Å². The average molecular weight is 232 g/mol. The zero-order chi connectivity index (χ0) is 12.3. The fourth-order valence-corrected chi connectivity index (χ4v) is 1.41. The topological polar surface area (TPSA) is 48.2 Å². The Morgan fingerprint density at radius 2 is 2.18 bits per heavy atom. The van der Waals surface area contributed by atoms with Gasteiger partial charge in [0.25, 0.3) is 5.89 Å². The fourth-order valence-electron chi connectivity index (χ4n) is 1.41. The van der Waals surface area contributed by atoms with E-state index in [0.29, 0.717) is 18.3 Å². The minimum atomic E-state index is 0.270. The summed E-state index contributed by atoms with van der Waals surface area (Å²) in [7, 11) is 0. The number of benzene rings is 1. The molecule has 0 bridgehead atoms. The molecule has 0 aliphatic heterocycles. The van der Waals surface area contributed by atoms with E-state index in [-0.39, 0.29) is 5.92 Å². The van der Waals surface area contributed by atoms with Gasteiger partial charge in [0, 0.05) is 5.92 Å². The lowest BCUT2D eigenvalue weighted by molar-refractivity contribution is 0.242. The molecule has 2 aromatic rings. The molecule has 0 amide bonds. The van der Waals surface area contributed by atoms with Gasteiger partial charge >= 0.3 is 0 Å². The summed E-state index contributed by atoms with van der Waals surface area (Å²) in [6, 6.07) is 7.86. The molecule has 0 saturated carbocycles. The molecule has 0 aliphatic carbocycles. The second-order valence-corrected chi connectivity index (χ2v) is 4.31. The van der Waals surface area contributed by atoms with Crippen LogP contribution in [0.1, 0.15) is 37.0 Å². The highest BCUT2D eigenvalue weighted by Gasteiger charge is 2.09. The number of rotatable bonds is 4. The molecule has 4 heteroatoms. The predicted molar refractivity (Wildman–Crippen MR) is 63.9 cm³/mol. The summed E-state index contributed by atoms with van der Waals surface area (Å²) >= 11 is 0. The maximum absolute atomic E-state index is 5.57. The largest absolute Gasteiger partial charge is 0.484 e. The molecule has 0 radical (unpaired) electrons. The summed E-state index contributed by atoms with van der Waals surface area (Å²) in [5, 5.41) is 3.88. The van der Waals surface area contributed by atoms with Crippen LogP contribution >= 0.6 is 0 Å². The van der Waals surface area contributed by atoms with E-state index in [4.69, 9.17) is 9.26 Å². The van der Waals surface area contributed by atoms with Gasteiger partial charge in [-0.25, -0.2) is 0 Å². The smallest absolute Gasteiger partial charge is 0.264 e. The van der Waals surface area contributed by atoms with Crippen LogP contribution in [0.15, 0.2) is 28.8 Å². The number of hydrogen-bond acceptors (Lipinski definition) is 4. The van der Waals surface area contributed by atoms with Crippen LogP contribution in [0.4, 0.5) is 0 Å². The van der Waals surface area contributed by atoms with Crippen molar-refractivity contribution in [1.82, 2.24) is 10.1 Å². The van der Waals surface area contributed by atoms with Crippen molar-refractivity contribution in [1.29, 1.82) is 0 Å². The lowest BCUT2D eigenvalue weighted by Crippen LogP contribution is -1.97. The fraction of sp³-hybridized carbons (Fsp3) is 0.385. The summed E-state index contributed by atoms with van der Waals surface area (Å²) in [6.07, 6.45) is 0. The van der Waals surface area contributed by atoms with Crippen LogP contribution in [0.3, 0.4) is 0 Å². The normalized spacial score (nSPS) is 10.8. The Bertz CT molecular complexity index is 492. The third-order valence-electron chi connectivity index (χ3n) is 2.35. The molecule has 0 spiro atoms. The number of hydrogen-bond donors (Lipinski definition) is 0. The molecule has 90 valence electrons. The lowest BCUT2D eigenvalue weighted by Gasteiger charge is -2.03. The zero-order valence-electron chi connectivity index (χ0n) is 10.3. The van der Waals surface area contributed by atoms with Gasteiger partial charge in [-0.2, -0.15) is 4.98 Å². The van der Waals surface area contributed by atoms with Crippen molar-refractivity contribution in [3.63, 3.8) is 0 Å². The number of nitrogens with zero attached hydrogens (tertiary/aromatic N) is 2. The highest BCUT2D eigenvalue weighted by Crippen LogP contribution is 2.15. The maximum Gasteiger partial charge on any atom is 0.264 e. The number of aromatic nitrogens is 2. The van der Waals surface area contributed by atoms with Crippen molar-refractivity contribution < 1.29 is 9.26 Å². The van der Waals surface area contributed by atoms with E-state index >= 15 is 0 Å². The minimum Gasteiger partial charge on any atom is -0.484 e. The molecule has 2 rings (SSSR count). The van der Waals surface area contributed by atoms with Gasteiger partial charge in [-0.3, -0.25) is 0 Å². The van der Waals surface area contributed by atoms with Crippen LogP contribution in [0, 0.1) is 6.92 Å². The summed E-state index contributed by atoms with van der Waals surface area (Å²) in [4.78, 5) is 4.24. The second kappa shape index (κ2) is 4.99. The lowest BCUT2D eigenvalue weighted by atomic mass is 10.2. The Morgan fingerprint density at radius 3 is 2.82 bits per heavy atom. The highest BCUT2D eigenvalue weighted by atomic mass is 16.5. The molecule has 0 N–H and O–H groups in total. The van der Waals surface area contributed by atoms with E-state index in [0.717, 1.165) is 11.3 Å². The number of aryl methyl sites for hydroxylation is 1. The first-order valence-corrected chi connectivity index (χ1v) is 5.67. The first-order valence-electron chi connectivity index (χ1n) is 5.67. The molecule has 0 aliphatic rings. The first kappa shape index (κ1) is 11.6. The van der Waals surface area contributed by atoms with Crippen molar-refractivity contribution in [2.75, 3.05) is 0 Å². The van der Waals surface area contributed by atoms with Gasteiger partial charge in [-0.15, -0.1) is 0 Å².